The van der Waals surface area contributed by atoms with E-state index in [9.17, 15) is 9.59 Å². The fourth-order valence-corrected chi connectivity index (χ4v) is 3.92. The number of imide groups is 1. The van der Waals surface area contributed by atoms with E-state index >= 15 is 0 Å². The summed E-state index contributed by atoms with van der Waals surface area (Å²) in [4.78, 5) is 26.1. The first-order valence-electron chi connectivity index (χ1n) is 9.73. The van der Waals surface area contributed by atoms with Crippen molar-refractivity contribution in [2.45, 2.75) is 51.5 Å². The van der Waals surface area contributed by atoms with Crippen LogP contribution in [0.4, 0.5) is 0 Å². The maximum Gasteiger partial charge on any atom is 0.243 e. The average molecular weight is 379 g/mol. The van der Waals surface area contributed by atoms with Gasteiger partial charge in [0.1, 0.15) is 12.4 Å². The van der Waals surface area contributed by atoms with Crippen LogP contribution in [-0.4, -0.2) is 22.8 Å². The van der Waals surface area contributed by atoms with Gasteiger partial charge < -0.3 is 10.5 Å². The van der Waals surface area contributed by atoms with Crippen molar-refractivity contribution in [3.63, 3.8) is 0 Å². The van der Waals surface area contributed by atoms with Crippen molar-refractivity contribution in [1.82, 2.24) is 10.2 Å². The first-order valence-corrected chi connectivity index (χ1v) is 9.73. The van der Waals surface area contributed by atoms with Crippen molar-refractivity contribution in [2.24, 2.45) is 5.73 Å². The highest BCUT2D eigenvalue weighted by molar-refractivity contribution is 5.98. The molecule has 2 amide bonds. The molecule has 0 saturated carbocycles. The number of amides is 2. The van der Waals surface area contributed by atoms with Crippen molar-refractivity contribution < 1.29 is 14.3 Å². The lowest BCUT2D eigenvalue weighted by Gasteiger charge is -2.24. The number of benzene rings is 2. The molecule has 6 nitrogen and oxygen atoms in total. The van der Waals surface area contributed by atoms with E-state index in [1.54, 1.807) is 0 Å². The molecule has 2 aliphatic heterocycles. The number of ether oxygens (including phenoxy) is 1. The van der Waals surface area contributed by atoms with Crippen LogP contribution in [0.5, 0.6) is 5.75 Å². The van der Waals surface area contributed by atoms with Gasteiger partial charge in [0.15, 0.2) is 0 Å². The fraction of sp³-hybridized carbons (Fsp3) is 0.364. The van der Waals surface area contributed by atoms with Gasteiger partial charge in [0.05, 0.1) is 6.04 Å². The minimum Gasteiger partial charge on any atom is -0.489 e. The molecule has 146 valence electrons. The molecule has 1 fully saturated rings. The number of carbonyl (C=O) groups is 2. The molecule has 2 aromatic carbocycles. The number of hydrogen-bond acceptors (Lipinski definition) is 5. The van der Waals surface area contributed by atoms with Crippen molar-refractivity contribution >= 4 is 11.8 Å². The van der Waals surface area contributed by atoms with Crippen molar-refractivity contribution in [2.75, 3.05) is 0 Å². The summed E-state index contributed by atoms with van der Waals surface area (Å²) in [5.41, 5.74) is 10.1. The van der Waals surface area contributed by atoms with Crippen LogP contribution in [0, 0.1) is 0 Å². The maximum absolute atomic E-state index is 12.4. The molecule has 1 saturated heterocycles. The van der Waals surface area contributed by atoms with Crippen LogP contribution in [-0.2, 0) is 35.8 Å². The Balaban J connectivity index is 1.45. The number of fused-ring (bicyclic) bond motifs is 1. The Hall–Kier alpha value is -2.70. The SMILES string of the molecule is NCc1ccc(COc2cccc3c2CN([C@H]2CCCC(=O)NC2=O)C3)cc1. The molecule has 0 aromatic heterocycles. The van der Waals surface area contributed by atoms with Crippen LogP contribution in [0.15, 0.2) is 42.5 Å². The number of nitrogens with two attached hydrogens (primary N) is 1. The predicted octanol–water partition coefficient (Wildman–Crippen LogP) is 2.24. The molecule has 0 bridgehead atoms. The van der Waals surface area contributed by atoms with Gasteiger partial charge in [-0.15, -0.1) is 0 Å². The molecule has 0 unspecified atom stereocenters. The topological polar surface area (TPSA) is 84.7 Å². The number of nitrogens with one attached hydrogen (secondary N) is 1. The Morgan fingerprint density at radius 3 is 2.64 bits per heavy atom. The zero-order valence-corrected chi connectivity index (χ0v) is 15.8. The van der Waals surface area contributed by atoms with Crippen molar-refractivity contribution in [1.29, 1.82) is 0 Å². The van der Waals surface area contributed by atoms with Gasteiger partial charge in [-0.1, -0.05) is 36.4 Å². The smallest absolute Gasteiger partial charge is 0.243 e. The highest BCUT2D eigenvalue weighted by Gasteiger charge is 2.34. The summed E-state index contributed by atoms with van der Waals surface area (Å²) in [5.74, 6) is 0.500. The molecular formula is C22H25N3O3. The first kappa shape index (κ1) is 18.7. The second kappa shape index (κ2) is 8.12. The lowest BCUT2D eigenvalue weighted by Crippen LogP contribution is -2.44. The van der Waals surface area contributed by atoms with E-state index < -0.39 is 0 Å². The van der Waals surface area contributed by atoms with Crippen LogP contribution >= 0.6 is 0 Å². The largest absolute Gasteiger partial charge is 0.489 e. The highest BCUT2D eigenvalue weighted by atomic mass is 16.5. The Morgan fingerprint density at radius 1 is 1.07 bits per heavy atom. The minimum absolute atomic E-state index is 0.172. The van der Waals surface area contributed by atoms with Crippen molar-refractivity contribution in [3.05, 3.63) is 64.7 Å². The van der Waals surface area contributed by atoms with Crippen LogP contribution in [0.1, 0.15) is 41.5 Å². The van der Waals surface area contributed by atoms with Gasteiger partial charge in [0, 0.05) is 31.6 Å². The molecule has 3 N–H and O–H groups in total. The van der Waals surface area contributed by atoms with Crippen molar-refractivity contribution in [3.8, 4) is 5.75 Å². The van der Waals surface area contributed by atoms with Gasteiger partial charge in [0.2, 0.25) is 11.8 Å². The lowest BCUT2D eigenvalue weighted by atomic mass is 10.1. The number of rotatable bonds is 5. The van der Waals surface area contributed by atoms with Crippen LogP contribution in [0.25, 0.3) is 0 Å². The average Bonchev–Trinajstić information content (AvgIpc) is 3.06. The van der Waals surface area contributed by atoms with E-state index in [4.69, 9.17) is 10.5 Å². The Kier molecular flexibility index (Phi) is 5.41. The fourth-order valence-electron chi connectivity index (χ4n) is 3.92. The minimum atomic E-state index is -0.268. The molecule has 2 aromatic rings. The van der Waals surface area contributed by atoms with Gasteiger partial charge in [-0.2, -0.15) is 0 Å². The number of carbonyl (C=O) groups excluding carboxylic acids is 2. The van der Waals surface area contributed by atoms with Gasteiger partial charge in [-0.05, 0) is 35.6 Å². The summed E-state index contributed by atoms with van der Waals surface area (Å²) < 4.78 is 6.10. The van der Waals surface area contributed by atoms with E-state index in [2.05, 4.69) is 16.3 Å². The number of hydrogen-bond donors (Lipinski definition) is 2. The lowest BCUT2D eigenvalue weighted by molar-refractivity contribution is -0.132. The Bertz CT molecular complexity index is 879. The third kappa shape index (κ3) is 3.93. The molecule has 1 atom stereocenters. The van der Waals surface area contributed by atoms with E-state index in [0.717, 1.165) is 28.9 Å². The van der Waals surface area contributed by atoms with E-state index in [1.807, 2.05) is 36.4 Å². The van der Waals surface area contributed by atoms with Crippen LogP contribution < -0.4 is 15.8 Å². The molecule has 28 heavy (non-hydrogen) atoms. The molecule has 0 aliphatic carbocycles. The summed E-state index contributed by atoms with van der Waals surface area (Å²) in [5, 5.41) is 2.51. The third-order valence-corrected chi connectivity index (χ3v) is 5.51. The second-order valence-electron chi connectivity index (χ2n) is 7.43. The predicted molar refractivity (Wildman–Crippen MR) is 105 cm³/mol. The van der Waals surface area contributed by atoms with Gasteiger partial charge in [-0.3, -0.25) is 19.8 Å². The molecule has 2 heterocycles. The van der Waals surface area contributed by atoms with E-state index in [-0.39, 0.29) is 17.9 Å². The number of nitrogens with zero attached hydrogens (tertiary/aromatic N) is 1. The quantitative estimate of drug-likeness (QED) is 0.779. The molecular weight excluding hydrogens is 354 g/mol. The maximum atomic E-state index is 12.4. The first-order chi connectivity index (χ1) is 13.6. The van der Waals surface area contributed by atoms with E-state index in [1.165, 1.54) is 5.56 Å². The normalized spacial score (nSPS) is 19.8. The van der Waals surface area contributed by atoms with Gasteiger partial charge >= 0.3 is 0 Å². The zero-order valence-electron chi connectivity index (χ0n) is 15.8. The standard InChI is InChI=1S/C22H25N3O3/c23-11-15-7-9-16(10-8-15)14-28-20-5-1-3-17-12-25(13-18(17)20)19-4-2-6-21(26)24-22(19)27/h1,3,5,7-10,19H,2,4,6,11-14,23H2,(H,24,26,27)/t19-/m0/s1. The summed E-state index contributed by atoms with van der Waals surface area (Å²) in [6.07, 6.45) is 1.85. The van der Waals surface area contributed by atoms with E-state index in [0.29, 0.717) is 39.1 Å². The van der Waals surface area contributed by atoms with Gasteiger partial charge in [0.25, 0.3) is 0 Å². The zero-order chi connectivity index (χ0) is 19.5. The summed E-state index contributed by atoms with van der Waals surface area (Å²) in [6.45, 7) is 2.37. The van der Waals surface area contributed by atoms with Crippen LogP contribution in [0.2, 0.25) is 0 Å². The summed E-state index contributed by atoms with van der Waals surface area (Å²) in [6, 6.07) is 13.9. The third-order valence-electron chi connectivity index (χ3n) is 5.51. The Morgan fingerprint density at radius 2 is 1.86 bits per heavy atom. The molecule has 2 aliphatic rings. The molecule has 0 radical (unpaired) electrons. The molecule has 6 heteroatoms. The van der Waals surface area contributed by atoms with Crippen LogP contribution in [0.3, 0.4) is 0 Å². The highest BCUT2D eigenvalue weighted by Crippen LogP contribution is 2.33. The summed E-state index contributed by atoms with van der Waals surface area (Å²) in [7, 11) is 0. The molecule has 0 spiro atoms. The van der Waals surface area contributed by atoms with Gasteiger partial charge in [-0.25, -0.2) is 0 Å². The second-order valence-corrected chi connectivity index (χ2v) is 7.43. The summed E-state index contributed by atoms with van der Waals surface area (Å²) >= 11 is 0. The molecule has 4 rings (SSSR count). The Labute approximate surface area is 164 Å². The monoisotopic (exact) mass is 379 g/mol.